The fourth-order valence-electron chi connectivity index (χ4n) is 2.29. The first-order chi connectivity index (χ1) is 12.6. The third-order valence-electron chi connectivity index (χ3n) is 3.72. The highest BCUT2D eigenvalue weighted by atomic mass is 79.9. The minimum Gasteiger partial charge on any atom is -0.217 e. The van der Waals surface area contributed by atoms with E-state index in [9.17, 15) is 39.2 Å². The van der Waals surface area contributed by atoms with Gasteiger partial charge >= 0.3 is 17.4 Å². The van der Waals surface area contributed by atoms with Crippen LogP contribution in [-0.2, 0) is 9.84 Å². The van der Waals surface area contributed by atoms with Crippen molar-refractivity contribution in [3.05, 3.63) is 50.9 Å². The summed E-state index contributed by atoms with van der Waals surface area (Å²) < 4.78 is 117. The van der Waals surface area contributed by atoms with Crippen LogP contribution in [-0.4, -0.2) is 25.8 Å². The Morgan fingerprint density at radius 1 is 0.964 bits per heavy atom. The molecule has 0 bridgehead atoms. The van der Waals surface area contributed by atoms with Crippen molar-refractivity contribution in [1.29, 1.82) is 0 Å². The molecule has 0 unspecified atom stereocenters. The molecule has 0 aliphatic heterocycles. The fourth-order valence-corrected chi connectivity index (χ4v) is 5.39. The molecule has 0 aromatic heterocycles. The first-order valence-corrected chi connectivity index (χ1v) is 10.2. The average Bonchev–Trinajstić information content (AvgIpc) is 2.53. The second-order valence-corrected chi connectivity index (χ2v) is 9.18. The fraction of sp³-hybridized carbons (Fsp3) is 0.250. The average molecular weight is 557 g/mol. The van der Waals surface area contributed by atoms with Gasteiger partial charge in [0.15, 0.2) is 0 Å². The zero-order valence-electron chi connectivity index (χ0n) is 13.5. The van der Waals surface area contributed by atoms with E-state index in [-0.39, 0.29) is 14.5 Å². The number of halogens is 9. The second kappa shape index (κ2) is 7.28. The third kappa shape index (κ3) is 3.58. The van der Waals surface area contributed by atoms with E-state index >= 15 is 0 Å². The van der Waals surface area contributed by atoms with Gasteiger partial charge in [-0.25, -0.2) is 8.42 Å². The maximum atomic E-state index is 14.1. The smallest absolute Gasteiger partial charge is 0.217 e. The number of benzene rings is 2. The molecule has 1 radical (unpaired) electrons. The summed E-state index contributed by atoms with van der Waals surface area (Å²) in [6.45, 7) is 1.47. The minimum atomic E-state index is -6.82. The molecule has 0 fully saturated rings. The SMILES string of the molecule is Cc1ccccc1-c1c(Br)[c]c(Br)cc1S(=O)(=O)C(F)(F)C(F)(F)C(F)(F)F. The third-order valence-corrected chi connectivity index (χ3v) is 6.57. The maximum absolute atomic E-state index is 14.1. The van der Waals surface area contributed by atoms with Crippen molar-refractivity contribution < 1.29 is 39.2 Å². The summed E-state index contributed by atoms with van der Waals surface area (Å²) in [4.78, 5) is -1.41. The van der Waals surface area contributed by atoms with Crippen LogP contribution in [0.15, 0.2) is 44.2 Å². The Morgan fingerprint density at radius 2 is 1.50 bits per heavy atom. The van der Waals surface area contributed by atoms with E-state index in [1.165, 1.54) is 31.2 Å². The van der Waals surface area contributed by atoms with Crippen LogP contribution < -0.4 is 0 Å². The lowest BCUT2D eigenvalue weighted by Gasteiger charge is -2.28. The molecule has 0 atom stereocenters. The van der Waals surface area contributed by atoms with Crippen molar-refractivity contribution in [1.82, 2.24) is 0 Å². The van der Waals surface area contributed by atoms with Gasteiger partial charge in [-0.15, -0.1) is 0 Å². The van der Waals surface area contributed by atoms with E-state index in [0.717, 1.165) is 0 Å². The van der Waals surface area contributed by atoms with Gasteiger partial charge in [-0.3, -0.25) is 0 Å². The zero-order valence-corrected chi connectivity index (χ0v) is 17.5. The maximum Gasteiger partial charge on any atom is 0.461 e. The first-order valence-electron chi connectivity index (χ1n) is 7.10. The normalized spacial score (nSPS) is 13.6. The summed E-state index contributed by atoms with van der Waals surface area (Å²) in [6, 6.07) is 8.74. The highest BCUT2D eigenvalue weighted by molar-refractivity contribution is 9.11. The molecule has 12 heteroatoms. The minimum absolute atomic E-state index is 0.0304. The van der Waals surface area contributed by atoms with Crippen LogP contribution in [0.5, 0.6) is 0 Å². The molecule has 153 valence electrons. The standard InChI is InChI=1S/C16H8Br2F7O2S/c1-8-4-2-3-5-10(8)13-11(18)6-9(17)7-12(13)28(26,27)16(24,25)14(19,20)15(21,22)23/h2-5,7H,1H3. The number of aryl methyl sites for hydroxylation is 1. The molecule has 0 saturated carbocycles. The quantitative estimate of drug-likeness (QED) is 0.400. The first kappa shape index (κ1) is 23.1. The number of hydrogen-bond donors (Lipinski definition) is 0. The summed E-state index contributed by atoms with van der Waals surface area (Å²) in [5, 5.41) is -6.46. The second-order valence-electron chi connectivity index (χ2n) is 5.58. The lowest BCUT2D eigenvalue weighted by molar-refractivity contribution is -0.332. The van der Waals surface area contributed by atoms with Gasteiger partial charge in [0.2, 0.25) is 0 Å². The molecule has 0 amide bonds. The van der Waals surface area contributed by atoms with Gasteiger partial charge in [0, 0.05) is 20.6 Å². The molecule has 0 heterocycles. The van der Waals surface area contributed by atoms with Crippen LogP contribution in [0, 0.1) is 13.0 Å². The summed E-state index contributed by atoms with van der Waals surface area (Å²) in [5.74, 6) is -6.82. The summed E-state index contributed by atoms with van der Waals surface area (Å²) >= 11 is 5.70. The van der Waals surface area contributed by atoms with E-state index in [1.54, 1.807) is 0 Å². The number of sulfone groups is 1. The Labute approximate surface area is 171 Å². The molecule has 2 nitrogen and oxygen atoms in total. The highest BCUT2D eigenvalue weighted by Gasteiger charge is 2.78. The van der Waals surface area contributed by atoms with Gasteiger partial charge < -0.3 is 0 Å². The van der Waals surface area contributed by atoms with E-state index < -0.39 is 37.6 Å². The predicted octanol–water partition coefficient (Wildman–Crippen LogP) is 6.55. The molecule has 0 aliphatic carbocycles. The van der Waals surface area contributed by atoms with Crippen LogP contribution >= 0.6 is 31.9 Å². The molecule has 28 heavy (non-hydrogen) atoms. The summed E-state index contributed by atoms with van der Waals surface area (Å²) in [6.07, 6.45) is -6.79. The Hall–Kier alpha value is -1.14. The number of rotatable bonds is 4. The van der Waals surface area contributed by atoms with E-state index in [2.05, 4.69) is 37.9 Å². The van der Waals surface area contributed by atoms with Gasteiger partial charge in [0.05, 0.1) is 4.90 Å². The zero-order chi connectivity index (χ0) is 21.7. The molecule has 0 spiro atoms. The lowest BCUT2D eigenvalue weighted by atomic mass is 10.0. The molecular weight excluding hydrogens is 549 g/mol. The van der Waals surface area contributed by atoms with Crippen molar-refractivity contribution in [2.45, 2.75) is 29.2 Å². The van der Waals surface area contributed by atoms with Crippen LogP contribution in [0.25, 0.3) is 11.1 Å². The lowest BCUT2D eigenvalue weighted by Crippen LogP contribution is -2.56. The monoisotopic (exact) mass is 555 g/mol. The molecule has 0 aliphatic rings. The molecule has 2 rings (SSSR count). The summed E-state index contributed by atoms with van der Waals surface area (Å²) in [5.41, 5.74) is -0.122. The van der Waals surface area contributed by atoms with Crippen LogP contribution in [0.3, 0.4) is 0 Å². The van der Waals surface area contributed by atoms with Crippen LogP contribution in [0.4, 0.5) is 30.7 Å². The topological polar surface area (TPSA) is 34.1 Å². The van der Waals surface area contributed by atoms with Crippen molar-refractivity contribution >= 4 is 41.7 Å². The molecule has 0 N–H and O–H groups in total. The number of hydrogen-bond acceptors (Lipinski definition) is 2. The van der Waals surface area contributed by atoms with Crippen molar-refractivity contribution in [3.8, 4) is 11.1 Å². The number of alkyl halides is 7. The highest BCUT2D eigenvalue weighted by Crippen LogP contribution is 2.52. The summed E-state index contributed by atoms with van der Waals surface area (Å²) in [7, 11) is -6.50. The van der Waals surface area contributed by atoms with Crippen molar-refractivity contribution in [2.75, 3.05) is 0 Å². The van der Waals surface area contributed by atoms with E-state index in [0.29, 0.717) is 11.6 Å². The van der Waals surface area contributed by atoms with Gasteiger partial charge in [-0.2, -0.15) is 30.7 Å². The van der Waals surface area contributed by atoms with Gasteiger partial charge in [-0.1, -0.05) is 40.2 Å². The Morgan fingerprint density at radius 3 is 2.00 bits per heavy atom. The van der Waals surface area contributed by atoms with Crippen LogP contribution in [0.1, 0.15) is 5.56 Å². The van der Waals surface area contributed by atoms with E-state index in [4.69, 9.17) is 0 Å². The van der Waals surface area contributed by atoms with Crippen molar-refractivity contribution in [3.63, 3.8) is 0 Å². The Bertz CT molecular complexity index is 1020. The molecule has 2 aromatic carbocycles. The Kier molecular flexibility index (Phi) is 6.02. The Balaban J connectivity index is 2.90. The molecule has 2 aromatic rings. The van der Waals surface area contributed by atoms with E-state index in [1.807, 2.05) is 0 Å². The largest absolute Gasteiger partial charge is 0.461 e. The van der Waals surface area contributed by atoms with Crippen LogP contribution in [0.2, 0.25) is 0 Å². The molecule has 0 saturated heterocycles. The predicted molar refractivity (Wildman–Crippen MR) is 94.0 cm³/mol. The molecular formula is C16H8Br2F7O2S. The van der Waals surface area contributed by atoms with Gasteiger partial charge in [0.1, 0.15) is 0 Å². The van der Waals surface area contributed by atoms with Crippen molar-refractivity contribution in [2.24, 2.45) is 0 Å². The van der Waals surface area contributed by atoms with Gasteiger partial charge in [0.25, 0.3) is 9.84 Å². The van der Waals surface area contributed by atoms with Gasteiger partial charge in [-0.05, 0) is 40.0 Å².